The molecule has 0 aliphatic rings. The third-order valence-electron chi connectivity index (χ3n) is 8.45. The summed E-state index contributed by atoms with van der Waals surface area (Å²) < 4.78 is 31.9. The molecular formula is C39H73O8P. The molecule has 0 radical (unpaired) electrons. The zero-order valence-corrected chi connectivity index (χ0v) is 32.0. The molecule has 282 valence electrons. The van der Waals surface area contributed by atoms with Crippen LogP contribution in [0.3, 0.4) is 0 Å². The normalized spacial score (nSPS) is 13.7. The Morgan fingerprint density at radius 1 is 0.583 bits per heavy atom. The molecule has 1 N–H and O–H groups in total. The number of phosphoric acid groups is 1. The van der Waals surface area contributed by atoms with Gasteiger partial charge in [-0.25, -0.2) is 4.57 Å². The van der Waals surface area contributed by atoms with Crippen molar-refractivity contribution in [2.45, 2.75) is 193 Å². The van der Waals surface area contributed by atoms with Gasteiger partial charge in [0, 0.05) is 20.0 Å². The highest BCUT2D eigenvalue weighted by Gasteiger charge is 2.24. The lowest BCUT2D eigenvalue weighted by Crippen LogP contribution is -2.29. The molecule has 2 unspecified atom stereocenters. The van der Waals surface area contributed by atoms with E-state index in [1.165, 1.54) is 109 Å². The van der Waals surface area contributed by atoms with E-state index in [4.69, 9.17) is 14.0 Å². The highest BCUT2D eigenvalue weighted by molar-refractivity contribution is 7.47. The minimum absolute atomic E-state index is 0.223. The van der Waals surface area contributed by atoms with Crippen LogP contribution in [0.5, 0.6) is 0 Å². The van der Waals surface area contributed by atoms with E-state index in [1.54, 1.807) is 0 Å². The van der Waals surface area contributed by atoms with Gasteiger partial charge in [-0.3, -0.25) is 18.6 Å². The van der Waals surface area contributed by atoms with Gasteiger partial charge in [0.2, 0.25) is 0 Å². The van der Waals surface area contributed by atoms with Crippen molar-refractivity contribution < 1.29 is 37.6 Å². The molecule has 0 saturated heterocycles. The maximum absolute atomic E-state index is 12.5. The van der Waals surface area contributed by atoms with E-state index in [9.17, 15) is 19.0 Å². The summed E-state index contributed by atoms with van der Waals surface area (Å²) in [5, 5.41) is 0. The van der Waals surface area contributed by atoms with Crippen LogP contribution in [0.15, 0.2) is 24.3 Å². The van der Waals surface area contributed by atoms with E-state index >= 15 is 0 Å². The van der Waals surface area contributed by atoms with Gasteiger partial charge in [0.25, 0.3) is 0 Å². The largest absolute Gasteiger partial charge is 0.472 e. The molecule has 0 aliphatic heterocycles. The zero-order chi connectivity index (χ0) is 35.4. The second-order valence-electron chi connectivity index (χ2n) is 13.1. The number of allylic oxidation sites excluding steroid dienone is 4. The van der Waals surface area contributed by atoms with Crippen molar-refractivity contribution in [3.05, 3.63) is 24.3 Å². The minimum Gasteiger partial charge on any atom is -0.462 e. The van der Waals surface area contributed by atoms with Crippen molar-refractivity contribution in [1.29, 1.82) is 0 Å². The number of phosphoric ester groups is 1. The van der Waals surface area contributed by atoms with Gasteiger partial charge in [0.15, 0.2) is 6.10 Å². The fraction of sp³-hybridized carbons (Fsp3) is 0.846. The van der Waals surface area contributed by atoms with Crippen molar-refractivity contribution in [1.82, 2.24) is 0 Å². The molecule has 0 aliphatic carbocycles. The average Bonchev–Trinajstić information content (AvgIpc) is 3.07. The minimum atomic E-state index is -4.25. The van der Waals surface area contributed by atoms with Crippen LogP contribution in [0, 0.1) is 0 Å². The molecule has 0 spiro atoms. The molecule has 0 saturated carbocycles. The smallest absolute Gasteiger partial charge is 0.462 e. The summed E-state index contributed by atoms with van der Waals surface area (Å²) >= 11 is 0. The predicted octanol–water partition coefficient (Wildman–Crippen LogP) is 11.9. The number of rotatable bonds is 36. The lowest BCUT2D eigenvalue weighted by Gasteiger charge is -2.19. The van der Waals surface area contributed by atoms with Crippen molar-refractivity contribution in [3.8, 4) is 0 Å². The summed E-state index contributed by atoms with van der Waals surface area (Å²) in [6.45, 7) is 3.84. The molecule has 0 bridgehead atoms. The van der Waals surface area contributed by atoms with Crippen LogP contribution in [0.4, 0.5) is 0 Å². The van der Waals surface area contributed by atoms with Gasteiger partial charge in [0.1, 0.15) is 6.61 Å². The molecular weight excluding hydrogens is 627 g/mol. The zero-order valence-electron chi connectivity index (χ0n) is 31.1. The lowest BCUT2D eigenvalue weighted by atomic mass is 10.1. The predicted molar refractivity (Wildman–Crippen MR) is 198 cm³/mol. The van der Waals surface area contributed by atoms with Gasteiger partial charge in [-0.2, -0.15) is 0 Å². The molecule has 8 nitrogen and oxygen atoms in total. The second kappa shape index (κ2) is 35.4. The van der Waals surface area contributed by atoms with E-state index in [0.29, 0.717) is 12.8 Å². The molecule has 0 fully saturated rings. The molecule has 0 heterocycles. The molecule has 9 heteroatoms. The number of hydrogen-bond donors (Lipinski definition) is 1. The lowest BCUT2D eigenvalue weighted by molar-refractivity contribution is -0.161. The topological polar surface area (TPSA) is 108 Å². The fourth-order valence-corrected chi connectivity index (χ4v) is 5.85. The van der Waals surface area contributed by atoms with Crippen molar-refractivity contribution in [2.75, 3.05) is 20.3 Å². The molecule has 0 aromatic rings. The molecule has 2 atom stereocenters. The molecule has 0 rings (SSSR count). The maximum atomic E-state index is 12.5. The summed E-state index contributed by atoms with van der Waals surface area (Å²) in [6.07, 6.45) is 38.0. The summed E-state index contributed by atoms with van der Waals surface area (Å²) in [4.78, 5) is 34.3. The Balaban J connectivity index is 4.00. The Labute approximate surface area is 294 Å². The van der Waals surface area contributed by atoms with Gasteiger partial charge >= 0.3 is 19.8 Å². The van der Waals surface area contributed by atoms with Crippen LogP contribution >= 0.6 is 7.82 Å². The Hall–Kier alpha value is -1.47. The average molecular weight is 701 g/mol. The summed E-state index contributed by atoms with van der Waals surface area (Å²) in [5.74, 6) is -0.806. The number of carbonyl (C=O) groups excluding carboxylic acids is 2. The van der Waals surface area contributed by atoms with Crippen molar-refractivity contribution in [3.63, 3.8) is 0 Å². The summed E-state index contributed by atoms with van der Waals surface area (Å²) in [6, 6.07) is 0. The number of esters is 2. The number of unbranched alkanes of at least 4 members (excludes halogenated alkanes) is 21. The monoisotopic (exact) mass is 701 g/mol. The fourth-order valence-electron chi connectivity index (χ4n) is 5.39. The van der Waals surface area contributed by atoms with Crippen molar-refractivity contribution >= 4 is 19.8 Å². The van der Waals surface area contributed by atoms with Crippen LogP contribution in [0.25, 0.3) is 0 Å². The van der Waals surface area contributed by atoms with E-state index in [2.05, 4.69) is 42.7 Å². The second-order valence-corrected chi connectivity index (χ2v) is 14.6. The van der Waals surface area contributed by atoms with Gasteiger partial charge in [0.05, 0.1) is 6.61 Å². The third kappa shape index (κ3) is 34.4. The first-order valence-electron chi connectivity index (χ1n) is 19.5. The van der Waals surface area contributed by atoms with Gasteiger partial charge < -0.3 is 14.4 Å². The Kier molecular flexibility index (Phi) is 34.3. The molecule has 0 aromatic carbocycles. The number of ether oxygens (including phenoxy) is 2. The number of carbonyl (C=O) groups is 2. The molecule has 0 aromatic heterocycles. The third-order valence-corrected chi connectivity index (χ3v) is 9.39. The SMILES string of the molecule is CCCCC/C=C\C/C=C\CCCCCCCCCCCC(=O)OC(COC(=O)CCCCCCCCCCCC)COP(=O)(O)OC. The highest BCUT2D eigenvalue weighted by atomic mass is 31.2. The van der Waals surface area contributed by atoms with Crippen LogP contribution in [-0.4, -0.2) is 43.3 Å². The highest BCUT2D eigenvalue weighted by Crippen LogP contribution is 2.42. The maximum Gasteiger partial charge on any atom is 0.472 e. The summed E-state index contributed by atoms with van der Waals surface area (Å²) in [7, 11) is -3.19. The van der Waals surface area contributed by atoms with Gasteiger partial charge in [-0.1, -0.05) is 154 Å². The first-order chi connectivity index (χ1) is 23.3. The number of hydrogen-bond acceptors (Lipinski definition) is 7. The first kappa shape index (κ1) is 46.5. The Bertz CT molecular complexity index is 844. The molecule has 48 heavy (non-hydrogen) atoms. The van der Waals surface area contributed by atoms with Crippen molar-refractivity contribution in [2.24, 2.45) is 0 Å². The quantitative estimate of drug-likeness (QED) is 0.0298. The summed E-state index contributed by atoms with van der Waals surface area (Å²) in [5.41, 5.74) is 0. The van der Waals surface area contributed by atoms with E-state index in [1.807, 2.05) is 0 Å². The van der Waals surface area contributed by atoms with Crippen LogP contribution in [0.2, 0.25) is 0 Å². The van der Waals surface area contributed by atoms with Crippen LogP contribution in [0.1, 0.15) is 187 Å². The standard InChI is InChI=1S/C39H73O8P/c1-4-6-8-10-12-14-16-17-18-19-20-21-22-23-24-26-28-30-32-34-39(41)47-37(36-46-48(42,43)44-3)35-45-38(40)33-31-29-27-25-15-13-11-9-7-5-2/h12,14,17-18,37H,4-11,13,15-16,19-36H2,1-3H3,(H,42,43)/b14-12-,18-17-. The molecule has 0 amide bonds. The van der Waals surface area contributed by atoms with Crippen LogP contribution < -0.4 is 0 Å². The van der Waals surface area contributed by atoms with Crippen LogP contribution in [-0.2, 0) is 32.7 Å². The Morgan fingerprint density at radius 2 is 1.00 bits per heavy atom. The van der Waals surface area contributed by atoms with Gasteiger partial charge in [-0.15, -0.1) is 0 Å². The van der Waals surface area contributed by atoms with Gasteiger partial charge in [-0.05, 0) is 44.9 Å². The van der Waals surface area contributed by atoms with E-state index in [-0.39, 0.29) is 19.0 Å². The van der Waals surface area contributed by atoms with E-state index in [0.717, 1.165) is 52.1 Å². The first-order valence-corrected chi connectivity index (χ1v) is 21.0. The Morgan fingerprint density at radius 3 is 1.50 bits per heavy atom. The van der Waals surface area contributed by atoms with E-state index < -0.39 is 26.5 Å².